The summed E-state index contributed by atoms with van der Waals surface area (Å²) in [7, 11) is 0. The molecule has 0 aliphatic rings. The van der Waals surface area contributed by atoms with Gasteiger partial charge in [-0.1, -0.05) is 18.2 Å². The third kappa shape index (κ3) is 17.3. The number of para-hydroxylation sites is 1. The maximum atomic E-state index is 8.40. The number of rotatable bonds is 5. The van der Waals surface area contributed by atoms with E-state index in [0.29, 0.717) is 6.61 Å². The molecule has 106 valence electrons. The molecule has 0 fully saturated rings. The zero-order valence-electron chi connectivity index (χ0n) is 11.6. The van der Waals surface area contributed by atoms with Crippen LogP contribution >= 0.6 is 0 Å². The van der Waals surface area contributed by atoms with E-state index in [4.69, 9.17) is 19.7 Å². The zero-order valence-corrected chi connectivity index (χ0v) is 11.6. The minimum atomic E-state index is 0.0644. The minimum absolute atomic E-state index is 0.0644. The van der Waals surface area contributed by atoms with Gasteiger partial charge in [-0.3, -0.25) is 0 Å². The Balaban J connectivity index is 0. The molecule has 0 radical (unpaired) electrons. The summed E-state index contributed by atoms with van der Waals surface area (Å²) in [6, 6.07) is 9.43. The number of hydrogen-bond acceptors (Lipinski definition) is 4. The van der Waals surface area contributed by atoms with Gasteiger partial charge in [-0.25, -0.2) is 0 Å². The topological polar surface area (TPSA) is 58.9 Å². The average molecular weight is 258 g/mol. The Hall–Kier alpha value is -1.10. The molecule has 0 heterocycles. The highest BCUT2D eigenvalue weighted by atomic mass is 16.5. The van der Waals surface area contributed by atoms with Gasteiger partial charge in [0.1, 0.15) is 12.4 Å². The molecule has 1 rings (SSSR count). The van der Waals surface area contributed by atoms with Crippen LogP contribution in [0.3, 0.4) is 0 Å². The Bertz CT molecular complexity index is 224. The fourth-order valence-corrected chi connectivity index (χ4v) is 0.884. The first-order valence-corrected chi connectivity index (χ1v) is 6.23. The first-order chi connectivity index (χ1) is 8.76. The van der Waals surface area contributed by atoms with Crippen molar-refractivity contribution in [3.8, 4) is 5.75 Å². The van der Waals surface area contributed by atoms with Crippen LogP contribution < -0.4 is 4.74 Å². The molecule has 4 heteroatoms. The van der Waals surface area contributed by atoms with Gasteiger partial charge in [0, 0.05) is 19.8 Å². The van der Waals surface area contributed by atoms with Gasteiger partial charge in [-0.15, -0.1) is 0 Å². The van der Waals surface area contributed by atoms with Crippen molar-refractivity contribution in [2.45, 2.75) is 20.8 Å². The highest BCUT2D eigenvalue weighted by Crippen LogP contribution is 2.06. The summed E-state index contributed by atoms with van der Waals surface area (Å²) >= 11 is 0. The van der Waals surface area contributed by atoms with E-state index < -0.39 is 0 Å². The molecule has 0 aliphatic carbocycles. The summed E-state index contributed by atoms with van der Waals surface area (Å²) in [5, 5.41) is 16.0. The van der Waals surface area contributed by atoms with E-state index in [9.17, 15) is 0 Å². The fourth-order valence-electron chi connectivity index (χ4n) is 0.884. The van der Waals surface area contributed by atoms with Crippen LogP contribution in [0.2, 0.25) is 0 Å². The monoisotopic (exact) mass is 258 g/mol. The van der Waals surface area contributed by atoms with Gasteiger partial charge in [0.05, 0.1) is 6.61 Å². The van der Waals surface area contributed by atoms with Crippen molar-refractivity contribution < 1.29 is 19.7 Å². The van der Waals surface area contributed by atoms with Crippen LogP contribution in [-0.2, 0) is 4.74 Å². The number of hydrogen-bond donors (Lipinski definition) is 2. The molecule has 0 aromatic heterocycles. The van der Waals surface area contributed by atoms with Gasteiger partial charge in [-0.2, -0.15) is 0 Å². The highest BCUT2D eigenvalue weighted by molar-refractivity contribution is 5.20. The molecule has 1 aromatic carbocycles. The first kappa shape index (κ1) is 19.2. The molecule has 0 atom stereocenters. The van der Waals surface area contributed by atoms with E-state index in [1.807, 2.05) is 44.2 Å². The van der Waals surface area contributed by atoms with E-state index in [1.165, 1.54) is 0 Å². The van der Waals surface area contributed by atoms with Crippen LogP contribution in [0.15, 0.2) is 30.3 Å². The normalized spacial score (nSPS) is 8.50. The maximum Gasteiger partial charge on any atom is 0.119 e. The quantitative estimate of drug-likeness (QED) is 0.849. The van der Waals surface area contributed by atoms with Gasteiger partial charge < -0.3 is 19.7 Å². The lowest BCUT2D eigenvalue weighted by Gasteiger charge is -2.01. The summed E-state index contributed by atoms with van der Waals surface area (Å²) in [5.74, 6) is 0.802. The Labute approximate surface area is 110 Å². The van der Waals surface area contributed by atoms with Crippen LogP contribution in [-0.4, -0.2) is 43.2 Å². The largest absolute Gasteiger partial charge is 0.491 e. The third-order valence-electron chi connectivity index (χ3n) is 1.51. The van der Waals surface area contributed by atoms with E-state index in [1.54, 1.807) is 6.92 Å². The Kier molecular flexibility index (Phi) is 19.5. The molecule has 0 spiro atoms. The van der Waals surface area contributed by atoms with Crippen LogP contribution in [0.4, 0.5) is 0 Å². The van der Waals surface area contributed by atoms with Crippen LogP contribution in [0.25, 0.3) is 0 Å². The maximum absolute atomic E-state index is 8.40. The lowest BCUT2D eigenvalue weighted by molar-refractivity contribution is 0.162. The number of benzene rings is 1. The summed E-state index contributed by atoms with van der Waals surface area (Å²) < 4.78 is 9.94. The summed E-state index contributed by atoms with van der Waals surface area (Å²) in [4.78, 5) is 0. The highest BCUT2D eigenvalue weighted by Gasteiger charge is 1.86. The fraction of sp³-hybridized carbons (Fsp3) is 0.571. The van der Waals surface area contributed by atoms with E-state index >= 15 is 0 Å². The predicted molar refractivity (Wildman–Crippen MR) is 73.9 cm³/mol. The second-order valence-corrected chi connectivity index (χ2v) is 2.98. The van der Waals surface area contributed by atoms with Crippen molar-refractivity contribution in [3.63, 3.8) is 0 Å². The summed E-state index contributed by atoms with van der Waals surface area (Å²) in [6.45, 7) is 8.03. The molecule has 0 unspecified atom stereocenters. The molecule has 1 aromatic rings. The average Bonchev–Trinajstić information content (AvgIpc) is 2.40. The molecule has 2 N–H and O–H groups in total. The molecule has 0 aliphatic heterocycles. The second kappa shape index (κ2) is 18.3. The van der Waals surface area contributed by atoms with Crippen molar-refractivity contribution in [1.82, 2.24) is 0 Å². The Morgan fingerprint density at radius 2 is 1.44 bits per heavy atom. The number of ether oxygens (including phenoxy) is 2. The predicted octanol–water partition coefficient (Wildman–Crippen LogP) is 2.10. The van der Waals surface area contributed by atoms with Crippen LogP contribution in [0.1, 0.15) is 20.8 Å². The van der Waals surface area contributed by atoms with E-state index in [2.05, 4.69) is 0 Å². The van der Waals surface area contributed by atoms with Crippen LogP contribution in [0.5, 0.6) is 5.75 Å². The van der Waals surface area contributed by atoms with Gasteiger partial charge >= 0.3 is 0 Å². The van der Waals surface area contributed by atoms with Crippen molar-refractivity contribution in [2.24, 2.45) is 0 Å². The molecular weight excluding hydrogens is 232 g/mol. The van der Waals surface area contributed by atoms with E-state index in [-0.39, 0.29) is 13.2 Å². The molecular formula is C14H26O4. The minimum Gasteiger partial charge on any atom is -0.491 e. The molecule has 0 saturated carbocycles. The standard InChI is InChI=1S/C8H10O2.C4H10O.C2H6O/c9-6-7-10-8-4-2-1-3-5-8;1-3-5-4-2;1-2-3/h1-5,9H,6-7H2;3-4H2,1-2H3;3H,2H2,1H3. The molecule has 18 heavy (non-hydrogen) atoms. The number of aliphatic hydroxyl groups is 2. The Morgan fingerprint density at radius 1 is 0.944 bits per heavy atom. The first-order valence-electron chi connectivity index (χ1n) is 6.23. The van der Waals surface area contributed by atoms with Gasteiger partial charge in [0.15, 0.2) is 0 Å². The molecule has 0 amide bonds. The molecule has 0 saturated heterocycles. The van der Waals surface area contributed by atoms with Gasteiger partial charge in [0.25, 0.3) is 0 Å². The smallest absolute Gasteiger partial charge is 0.119 e. The lowest BCUT2D eigenvalue weighted by Crippen LogP contribution is -2.00. The zero-order chi connectivity index (χ0) is 14.1. The van der Waals surface area contributed by atoms with Gasteiger partial charge in [-0.05, 0) is 32.9 Å². The Morgan fingerprint density at radius 3 is 1.78 bits per heavy atom. The summed E-state index contributed by atoms with van der Waals surface area (Å²) in [5.41, 5.74) is 0. The second-order valence-electron chi connectivity index (χ2n) is 2.98. The van der Waals surface area contributed by atoms with Crippen LogP contribution in [0, 0.1) is 0 Å². The molecule has 0 bridgehead atoms. The van der Waals surface area contributed by atoms with Gasteiger partial charge in [0.2, 0.25) is 0 Å². The third-order valence-corrected chi connectivity index (χ3v) is 1.51. The van der Waals surface area contributed by atoms with Crippen molar-refractivity contribution in [3.05, 3.63) is 30.3 Å². The molecule has 4 nitrogen and oxygen atoms in total. The van der Waals surface area contributed by atoms with Crippen molar-refractivity contribution in [1.29, 1.82) is 0 Å². The SMILES string of the molecule is CCO.CCOCC.OCCOc1ccccc1. The van der Waals surface area contributed by atoms with Crippen molar-refractivity contribution in [2.75, 3.05) is 33.0 Å². The number of aliphatic hydroxyl groups excluding tert-OH is 2. The summed E-state index contributed by atoms with van der Waals surface area (Å²) in [6.07, 6.45) is 0. The lowest BCUT2D eigenvalue weighted by atomic mass is 10.3. The van der Waals surface area contributed by atoms with E-state index in [0.717, 1.165) is 19.0 Å². The van der Waals surface area contributed by atoms with Crippen molar-refractivity contribution >= 4 is 0 Å².